The van der Waals surface area contributed by atoms with Gasteiger partial charge in [-0.25, -0.2) is 0 Å². The molecule has 0 bridgehead atoms. The van der Waals surface area contributed by atoms with Gasteiger partial charge in [-0.1, -0.05) is 30.7 Å². The predicted octanol–water partition coefficient (Wildman–Crippen LogP) is 3.07. The summed E-state index contributed by atoms with van der Waals surface area (Å²) >= 11 is 6.03. The first kappa shape index (κ1) is 23.8. The van der Waals surface area contributed by atoms with E-state index < -0.39 is 16.9 Å². The van der Waals surface area contributed by atoms with E-state index >= 15 is 0 Å². The molecule has 4 unspecified atom stereocenters. The van der Waals surface area contributed by atoms with Crippen molar-refractivity contribution in [1.29, 1.82) is 0 Å². The predicted molar refractivity (Wildman–Crippen MR) is 116 cm³/mol. The Balaban J connectivity index is 2.34. The minimum Gasteiger partial charge on any atom is -0.364 e. The summed E-state index contributed by atoms with van der Waals surface area (Å²) in [5, 5.41) is 3.28. The molecule has 1 aromatic carbocycles. The van der Waals surface area contributed by atoms with Gasteiger partial charge < -0.3 is 15.0 Å². The average Bonchev–Trinajstić information content (AvgIpc) is 2.65. The molecule has 1 saturated heterocycles. The van der Waals surface area contributed by atoms with Crippen molar-refractivity contribution in [3.05, 3.63) is 34.9 Å². The van der Waals surface area contributed by atoms with E-state index in [0.29, 0.717) is 23.8 Å². The molecule has 2 rings (SSSR count). The molecule has 1 fully saturated rings. The van der Waals surface area contributed by atoms with Crippen molar-refractivity contribution in [2.24, 2.45) is 0 Å². The number of carbonyl (C=O) groups excluding carboxylic acids is 2. The quantitative estimate of drug-likeness (QED) is 0.704. The Morgan fingerprint density at radius 2 is 1.97 bits per heavy atom. The maximum absolute atomic E-state index is 13.3. The normalized spacial score (nSPS) is 22.3. The summed E-state index contributed by atoms with van der Waals surface area (Å²) in [6, 6.07) is 6.85. The lowest BCUT2D eigenvalue weighted by atomic mass is 10.00. The number of morpholine rings is 1. The molecule has 1 aliphatic rings. The summed E-state index contributed by atoms with van der Waals surface area (Å²) < 4.78 is 18.3. The Labute approximate surface area is 180 Å². The van der Waals surface area contributed by atoms with Crippen LogP contribution in [0.2, 0.25) is 5.02 Å². The van der Waals surface area contributed by atoms with Crippen molar-refractivity contribution in [1.82, 2.24) is 10.2 Å². The van der Waals surface area contributed by atoms with E-state index in [1.54, 1.807) is 12.1 Å². The highest BCUT2D eigenvalue weighted by atomic mass is 35.5. The number of ether oxygens (including phenoxy) is 1. The first-order valence-electron chi connectivity index (χ1n) is 9.86. The maximum atomic E-state index is 13.3. The Morgan fingerprint density at radius 3 is 2.48 bits per heavy atom. The third-order valence-electron chi connectivity index (χ3n) is 5.00. The van der Waals surface area contributed by atoms with Crippen LogP contribution < -0.4 is 5.32 Å². The van der Waals surface area contributed by atoms with Gasteiger partial charge in [-0.05, 0) is 44.9 Å². The van der Waals surface area contributed by atoms with E-state index in [1.807, 2.05) is 44.7 Å². The van der Waals surface area contributed by atoms with E-state index in [9.17, 15) is 13.8 Å². The summed E-state index contributed by atoms with van der Waals surface area (Å²) in [4.78, 5) is 26.4. The molecule has 0 aliphatic carbocycles. The van der Waals surface area contributed by atoms with Crippen LogP contribution in [0.5, 0.6) is 0 Å². The molecule has 4 atom stereocenters. The minimum absolute atomic E-state index is 0.122. The van der Waals surface area contributed by atoms with Crippen LogP contribution in [0.4, 0.5) is 0 Å². The van der Waals surface area contributed by atoms with Gasteiger partial charge in [0.15, 0.2) is 6.10 Å². The van der Waals surface area contributed by atoms with Gasteiger partial charge in [0, 0.05) is 39.3 Å². The SMILES string of the molecule is CCC(CS(=O)C(C)(C)C)N1C(=O)C(CNC(C)=O)OCC1c1ccc(Cl)cc1. The van der Waals surface area contributed by atoms with E-state index in [0.717, 1.165) is 5.56 Å². The fourth-order valence-electron chi connectivity index (χ4n) is 3.26. The van der Waals surface area contributed by atoms with Gasteiger partial charge in [-0.2, -0.15) is 0 Å². The topological polar surface area (TPSA) is 75.7 Å². The van der Waals surface area contributed by atoms with Gasteiger partial charge in [0.25, 0.3) is 5.91 Å². The molecule has 0 spiro atoms. The van der Waals surface area contributed by atoms with Crippen LogP contribution in [0.1, 0.15) is 52.6 Å². The lowest BCUT2D eigenvalue weighted by Gasteiger charge is -2.44. The summed E-state index contributed by atoms with van der Waals surface area (Å²) in [6.07, 6.45) is -0.0793. The zero-order valence-corrected chi connectivity index (χ0v) is 19.3. The first-order chi connectivity index (χ1) is 13.5. The third kappa shape index (κ3) is 6.27. The fourth-order valence-corrected chi connectivity index (χ4v) is 4.63. The molecular formula is C21H31ClN2O4S. The van der Waals surface area contributed by atoms with Crippen LogP contribution in [0, 0.1) is 0 Å². The van der Waals surface area contributed by atoms with Gasteiger partial charge >= 0.3 is 0 Å². The molecule has 1 aliphatic heterocycles. The highest BCUT2D eigenvalue weighted by Gasteiger charge is 2.41. The van der Waals surface area contributed by atoms with Gasteiger partial charge in [-0.3, -0.25) is 13.8 Å². The average molecular weight is 443 g/mol. The van der Waals surface area contributed by atoms with Crippen LogP contribution in [0.25, 0.3) is 0 Å². The second-order valence-electron chi connectivity index (χ2n) is 8.26. The van der Waals surface area contributed by atoms with Crippen LogP contribution in [-0.2, 0) is 25.1 Å². The summed E-state index contributed by atoms with van der Waals surface area (Å²) in [6.45, 7) is 9.64. The fraction of sp³-hybridized carbons (Fsp3) is 0.619. The van der Waals surface area contributed by atoms with Crippen molar-refractivity contribution in [2.75, 3.05) is 18.9 Å². The van der Waals surface area contributed by atoms with Crippen LogP contribution >= 0.6 is 11.6 Å². The third-order valence-corrected chi connectivity index (χ3v) is 7.31. The zero-order chi connectivity index (χ0) is 21.8. The molecule has 0 saturated carbocycles. The molecule has 1 N–H and O–H groups in total. The maximum Gasteiger partial charge on any atom is 0.254 e. The zero-order valence-electron chi connectivity index (χ0n) is 17.7. The number of nitrogens with one attached hydrogen (secondary N) is 1. The van der Waals surface area contributed by atoms with E-state index in [2.05, 4.69) is 5.32 Å². The molecule has 0 aromatic heterocycles. The second-order valence-corrected chi connectivity index (χ2v) is 10.9. The first-order valence-corrected chi connectivity index (χ1v) is 11.6. The van der Waals surface area contributed by atoms with Crippen molar-refractivity contribution in [3.63, 3.8) is 0 Å². The largest absolute Gasteiger partial charge is 0.364 e. The van der Waals surface area contributed by atoms with Gasteiger partial charge in [0.2, 0.25) is 5.91 Å². The number of amides is 2. The van der Waals surface area contributed by atoms with Crippen molar-refractivity contribution < 1.29 is 18.5 Å². The highest BCUT2D eigenvalue weighted by molar-refractivity contribution is 7.86. The smallest absolute Gasteiger partial charge is 0.254 e. The number of rotatable bonds is 7. The van der Waals surface area contributed by atoms with Crippen LogP contribution in [-0.4, -0.2) is 56.7 Å². The molecule has 2 amide bonds. The Kier molecular flexibility index (Phi) is 8.26. The number of hydrogen-bond donors (Lipinski definition) is 1. The van der Waals surface area contributed by atoms with Crippen LogP contribution in [0.15, 0.2) is 24.3 Å². The molecular weight excluding hydrogens is 412 g/mol. The van der Waals surface area contributed by atoms with E-state index in [1.165, 1.54) is 6.92 Å². The number of halogens is 1. The molecule has 162 valence electrons. The summed E-state index contributed by atoms with van der Waals surface area (Å²) in [5.74, 6) is -0.0146. The number of hydrogen-bond acceptors (Lipinski definition) is 4. The van der Waals surface area contributed by atoms with Crippen LogP contribution in [0.3, 0.4) is 0 Å². The van der Waals surface area contributed by atoms with Crippen molar-refractivity contribution >= 4 is 34.2 Å². The monoisotopic (exact) mass is 442 g/mol. The second kappa shape index (κ2) is 10.0. The Bertz CT molecular complexity index is 748. The molecule has 1 heterocycles. The van der Waals surface area contributed by atoms with Gasteiger partial charge in [0.1, 0.15) is 0 Å². The number of carbonyl (C=O) groups is 2. The molecule has 1 aromatic rings. The number of nitrogens with zero attached hydrogens (tertiary/aromatic N) is 1. The van der Waals surface area contributed by atoms with Crippen molar-refractivity contribution in [3.8, 4) is 0 Å². The van der Waals surface area contributed by atoms with Gasteiger partial charge in [-0.15, -0.1) is 0 Å². The highest BCUT2D eigenvalue weighted by Crippen LogP contribution is 2.32. The Morgan fingerprint density at radius 1 is 1.34 bits per heavy atom. The van der Waals surface area contributed by atoms with E-state index in [4.69, 9.17) is 16.3 Å². The minimum atomic E-state index is -1.11. The number of benzene rings is 1. The molecule has 6 nitrogen and oxygen atoms in total. The van der Waals surface area contributed by atoms with Crippen molar-refractivity contribution in [2.45, 2.75) is 64.0 Å². The van der Waals surface area contributed by atoms with E-state index in [-0.39, 0.29) is 35.2 Å². The van der Waals surface area contributed by atoms with Gasteiger partial charge in [0.05, 0.1) is 19.2 Å². The lowest BCUT2D eigenvalue weighted by molar-refractivity contribution is -0.163. The Hall–Kier alpha value is -1.44. The summed E-state index contributed by atoms with van der Waals surface area (Å²) in [5.41, 5.74) is 0.917. The lowest BCUT2D eigenvalue weighted by Crippen LogP contribution is -2.57. The molecule has 8 heteroatoms. The molecule has 0 radical (unpaired) electrons. The standard InChI is InChI=1S/C21H31ClN2O4S/c1-6-17(13-29(27)21(3,4)5)24-18(15-7-9-16(22)10-8-15)12-28-19(20(24)26)11-23-14(2)25/h7-10,17-19H,6,11-13H2,1-5H3,(H,23,25). The molecule has 29 heavy (non-hydrogen) atoms. The summed E-state index contributed by atoms with van der Waals surface area (Å²) in [7, 11) is -1.11.